The van der Waals surface area contributed by atoms with E-state index in [0.717, 1.165) is 11.6 Å². The predicted molar refractivity (Wildman–Crippen MR) is 83.3 cm³/mol. The van der Waals surface area contributed by atoms with Crippen molar-refractivity contribution < 1.29 is 17.7 Å². The number of hydrogen-bond acceptors (Lipinski definition) is 4. The van der Waals surface area contributed by atoms with Gasteiger partial charge in [-0.05, 0) is 18.6 Å². The highest BCUT2D eigenvalue weighted by atomic mass is 35.5. The zero-order valence-electron chi connectivity index (χ0n) is 11.9. The molecule has 2 rings (SSSR count). The molecule has 0 heterocycles. The second-order valence-electron chi connectivity index (χ2n) is 4.80. The van der Waals surface area contributed by atoms with Gasteiger partial charge < -0.3 is 0 Å². The summed E-state index contributed by atoms with van der Waals surface area (Å²) in [5.74, 6) is -1.24. The fourth-order valence-electron chi connectivity index (χ4n) is 1.94. The normalized spacial score (nSPS) is 11.4. The number of nitrogens with zero attached hydrogens (tertiary/aromatic N) is 1. The van der Waals surface area contributed by atoms with Crippen LogP contribution in [-0.4, -0.2) is 13.3 Å². The zero-order valence-corrected chi connectivity index (χ0v) is 13.5. The van der Waals surface area contributed by atoms with Crippen LogP contribution in [0.25, 0.3) is 0 Å². The van der Waals surface area contributed by atoms with Gasteiger partial charge >= 0.3 is 0 Å². The Morgan fingerprint density at radius 3 is 2.61 bits per heavy atom. The quantitative estimate of drug-likeness (QED) is 0.656. The molecule has 23 heavy (non-hydrogen) atoms. The molecule has 0 amide bonds. The van der Waals surface area contributed by atoms with Crippen molar-refractivity contribution in [3.63, 3.8) is 0 Å². The number of aryl methyl sites for hydroxylation is 1. The summed E-state index contributed by atoms with van der Waals surface area (Å²) in [7, 11) is -4.20. The first kappa shape index (κ1) is 17.3. The smallest absolute Gasteiger partial charge is 0.258 e. The van der Waals surface area contributed by atoms with Crippen molar-refractivity contribution in [2.24, 2.45) is 0 Å². The van der Waals surface area contributed by atoms with Gasteiger partial charge in [0.15, 0.2) is 0 Å². The maximum atomic E-state index is 13.9. The molecular weight excluding hydrogens is 347 g/mol. The fourth-order valence-corrected chi connectivity index (χ4v) is 3.34. The van der Waals surface area contributed by atoms with Crippen molar-refractivity contribution in [3.05, 3.63) is 68.5 Å². The number of nitro groups is 1. The molecule has 0 radical (unpaired) electrons. The van der Waals surface area contributed by atoms with Crippen LogP contribution in [0.4, 0.5) is 10.1 Å². The third-order valence-corrected chi connectivity index (χ3v) is 4.76. The van der Waals surface area contributed by atoms with E-state index in [4.69, 9.17) is 11.6 Å². The minimum absolute atomic E-state index is 0.0436. The van der Waals surface area contributed by atoms with Gasteiger partial charge in [0, 0.05) is 6.54 Å². The van der Waals surface area contributed by atoms with Gasteiger partial charge in [0.25, 0.3) is 5.69 Å². The summed E-state index contributed by atoms with van der Waals surface area (Å²) in [4.78, 5) is 9.04. The van der Waals surface area contributed by atoms with Crippen molar-refractivity contribution in [1.82, 2.24) is 4.72 Å². The lowest BCUT2D eigenvalue weighted by Crippen LogP contribution is -2.24. The maximum absolute atomic E-state index is 13.9. The molecule has 0 bridgehead atoms. The van der Waals surface area contributed by atoms with Gasteiger partial charge in [-0.1, -0.05) is 41.4 Å². The second kappa shape index (κ2) is 6.61. The number of hydrogen-bond donors (Lipinski definition) is 1. The van der Waals surface area contributed by atoms with Gasteiger partial charge in [0.2, 0.25) is 10.0 Å². The molecule has 2 aromatic carbocycles. The molecule has 0 unspecified atom stereocenters. The molecule has 122 valence electrons. The van der Waals surface area contributed by atoms with E-state index >= 15 is 0 Å². The summed E-state index contributed by atoms with van der Waals surface area (Å²) >= 11 is 5.64. The molecule has 6 nitrogen and oxygen atoms in total. The van der Waals surface area contributed by atoms with Crippen molar-refractivity contribution in [2.45, 2.75) is 18.4 Å². The average Bonchev–Trinajstić information content (AvgIpc) is 2.47. The van der Waals surface area contributed by atoms with Crippen LogP contribution in [0.1, 0.15) is 11.1 Å². The monoisotopic (exact) mass is 358 g/mol. The molecule has 2 aromatic rings. The summed E-state index contributed by atoms with van der Waals surface area (Å²) in [5.41, 5.74) is 0.954. The molecule has 9 heteroatoms. The Morgan fingerprint density at radius 2 is 2.00 bits per heavy atom. The summed E-state index contributed by atoms with van der Waals surface area (Å²) in [5, 5.41) is 10.2. The van der Waals surface area contributed by atoms with Crippen LogP contribution in [0, 0.1) is 22.9 Å². The van der Waals surface area contributed by atoms with Gasteiger partial charge in [0.05, 0.1) is 11.0 Å². The van der Waals surface area contributed by atoms with E-state index < -0.39 is 36.4 Å². The molecule has 0 aliphatic heterocycles. The number of nitro benzene ring substituents is 1. The summed E-state index contributed by atoms with van der Waals surface area (Å²) in [6.07, 6.45) is 0. The van der Waals surface area contributed by atoms with Crippen LogP contribution >= 0.6 is 11.6 Å². The van der Waals surface area contributed by atoms with E-state index in [1.165, 1.54) is 0 Å². The Morgan fingerprint density at radius 1 is 1.30 bits per heavy atom. The number of nitrogens with one attached hydrogen (secondary N) is 1. The van der Waals surface area contributed by atoms with Crippen LogP contribution < -0.4 is 4.72 Å². The topological polar surface area (TPSA) is 89.3 Å². The molecular formula is C14H12ClFN2O4S. The van der Waals surface area contributed by atoms with Gasteiger partial charge in [-0.2, -0.15) is 0 Å². The number of rotatable bonds is 5. The van der Waals surface area contributed by atoms with Crippen molar-refractivity contribution in [1.29, 1.82) is 0 Å². The first-order chi connectivity index (χ1) is 10.7. The second-order valence-corrected chi connectivity index (χ2v) is 6.95. The summed E-state index contributed by atoms with van der Waals surface area (Å²) < 4.78 is 40.5. The number of benzene rings is 2. The van der Waals surface area contributed by atoms with Gasteiger partial charge in [0.1, 0.15) is 15.7 Å². The van der Waals surface area contributed by atoms with Crippen molar-refractivity contribution >= 4 is 27.3 Å². The van der Waals surface area contributed by atoms with Crippen LogP contribution in [0.15, 0.2) is 41.3 Å². The molecule has 0 aliphatic rings. The number of halogens is 2. The van der Waals surface area contributed by atoms with E-state index in [-0.39, 0.29) is 6.54 Å². The summed E-state index contributed by atoms with van der Waals surface area (Å²) in [6.45, 7) is 1.81. The highest BCUT2D eigenvalue weighted by Gasteiger charge is 2.24. The molecule has 0 atom stereocenters. The maximum Gasteiger partial charge on any atom is 0.290 e. The van der Waals surface area contributed by atoms with E-state index in [1.807, 2.05) is 13.0 Å². The first-order valence-electron chi connectivity index (χ1n) is 6.39. The van der Waals surface area contributed by atoms with Crippen LogP contribution in [-0.2, 0) is 16.6 Å². The largest absolute Gasteiger partial charge is 0.290 e. The Balaban J connectivity index is 2.29. The molecule has 0 spiro atoms. The highest BCUT2D eigenvalue weighted by Crippen LogP contribution is 2.29. The van der Waals surface area contributed by atoms with Crippen LogP contribution in [0.2, 0.25) is 5.02 Å². The minimum Gasteiger partial charge on any atom is -0.258 e. The van der Waals surface area contributed by atoms with E-state index in [0.29, 0.717) is 11.6 Å². The lowest BCUT2D eigenvalue weighted by Gasteiger charge is -2.09. The molecule has 0 saturated heterocycles. The molecule has 1 N–H and O–H groups in total. The van der Waals surface area contributed by atoms with Crippen LogP contribution in [0.5, 0.6) is 0 Å². The van der Waals surface area contributed by atoms with Gasteiger partial charge in [-0.15, -0.1) is 0 Å². The number of sulfonamides is 1. The van der Waals surface area contributed by atoms with Gasteiger partial charge in [-0.3, -0.25) is 10.1 Å². The third kappa shape index (κ3) is 4.04. The minimum atomic E-state index is -4.20. The van der Waals surface area contributed by atoms with Crippen LogP contribution in [0.3, 0.4) is 0 Å². The Kier molecular flexibility index (Phi) is 4.98. The first-order valence-corrected chi connectivity index (χ1v) is 8.25. The fraction of sp³-hybridized carbons (Fsp3) is 0.143. The highest BCUT2D eigenvalue weighted by molar-refractivity contribution is 7.89. The molecule has 0 aliphatic carbocycles. The SMILES string of the molecule is Cc1cccc(CNS(=O)(=O)c2cc(Cl)c([N+](=O)[O-])cc2F)c1. The van der Waals surface area contributed by atoms with Crippen molar-refractivity contribution in [2.75, 3.05) is 0 Å². The molecule has 0 aromatic heterocycles. The predicted octanol–water partition coefficient (Wildman–Crippen LogP) is 3.17. The Bertz CT molecular complexity index is 871. The molecule has 0 fully saturated rings. The third-order valence-electron chi connectivity index (χ3n) is 3.04. The Hall–Kier alpha value is -2.03. The zero-order chi connectivity index (χ0) is 17.2. The lowest BCUT2D eigenvalue weighted by molar-refractivity contribution is -0.384. The average molecular weight is 359 g/mol. The van der Waals surface area contributed by atoms with E-state index in [2.05, 4.69) is 4.72 Å². The van der Waals surface area contributed by atoms with E-state index in [1.54, 1.807) is 18.2 Å². The van der Waals surface area contributed by atoms with Gasteiger partial charge in [-0.25, -0.2) is 17.5 Å². The van der Waals surface area contributed by atoms with E-state index in [9.17, 15) is 22.9 Å². The Labute approximate surface area is 137 Å². The standard InChI is InChI=1S/C14H12ClFN2O4S/c1-9-3-2-4-10(5-9)8-17-23(21,22)14-6-11(15)13(18(19)20)7-12(14)16/h2-7,17H,8H2,1H3. The summed E-state index contributed by atoms with van der Waals surface area (Å²) in [6, 6.07) is 8.34. The molecule has 0 saturated carbocycles. The van der Waals surface area contributed by atoms with Crippen molar-refractivity contribution in [3.8, 4) is 0 Å². The lowest BCUT2D eigenvalue weighted by atomic mass is 10.1.